The molecule has 23 heavy (non-hydrogen) atoms. The summed E-state index contributed by atoms with van der Waals surface area (Å²) >= 11 is 0. The average molecular weight is 312 g/mol. The molecule has 0 amide bonds. The van der Waals surface area contributed by atoms with Gasteiger partial charge in [0.05, 0.1) is 0 Å². The van der Waals surface area contributed by atoms with Gasteiger partial charge in [0.15, 0.2) is 11.4 Å². The van der Waals surface area contributed by atoms with Gasteiger partial charge in [0, 0.05) is 11.1 Å². The first-order valence-corrected chi connectivity index (χ1v) is 6.81. The summed E-state index contributed by atoms with van der Waals surface area (Å²) in [7, 11) is 1.46. The van der Waals surface area contributed by atoms with Gasteiger partial charge in [-0.15, -0.1) is 0 Å². The molecule has 0 saturated carbocycles. The molecule has 0 aliphatic heterocycles. The molecule has 0 unspecified atom stereocenters. The fourth-order valence-electron chi connectivity index (χ4n) is 1.85. The molecule has 0 aliphatic carbocycles. The van der Waals surface area contributed by atoms with Gasteiger partial charge < -0.3 is 9.68 Å². The second-order valence-corrected chi connectivity index (χ2v) is 4.59. The Kier molecular flexibility index (Phi) is 5.41. The number of H-pyrrole nitrogens is 1. The van der Waals surface area contributed by atoms with Crippen LogP contribution in [0, 0.1) is 18.3 Å². The first kappa shape index (κ1) is 16.2. The van der Waals surface area contributed by atoms with E-state index in [2.05, 4.69) is 25.5 Å². The monoisotopic (exact) mass is 312 g/mol. The quantitative estimate of drug-likeness (QED) is 0.647. The Morgan fingerprint density at radius 3 is 2.78 bits per heavy atom. The molecule has 1 aromatic heterocycles. The number of oxime groups is 2. The van der Waals surface area contributed by atoms with Crippen molar-refractivity contribution in [1.29, 1.82) is 5.26 Å². The molecule has 0 spiro atoms. The number of aryl methyl sites for hydroxylation is 1. The second-order valence-electron chi connectivity index (χ2n) is 4.59. The van der Waals surface area contributed by atoms with Gasteiger partial charge in [0.2, 0.25) is 5.82 Å². The maximum atomic E-state index is 8.68. The molecule has 0 radical (unpaired) electrons. The Morgan fingerprint density at radius 2 is 2.13 bits per heavy atom. The van der Waals surface area contributed by atoms with Gasteiger partial charge in [0.1, 0.15) is 25.6 Å². The van der Waals surface area contributed by atoms with Crippen LogP contribution in [0.25, 0.3) is 0 Å². The van der Waals surface area contributed by atoms with E-state index in [0.717, 1.165) is 11.1 Å². The minimum Gasteiger partial charge on any atom is -0.399 e. The van der Waals surface area contributed by atoms with E-state index in [4.69, 9.17) is 14.9 Å². The van der Waals surface area contributed by atoms with Crippen LogP contribution < -0.4 is 0 Å². The minimum atomic E-state index is 0.182. The third-order valence-corrected chi connectivity index (χ3v) is 2.85. The van der Waals surface area contributed by atoms with Gasteiger partial charge in [-0.25, -0.2) is 4.98 Å². The smallest absolute Gasteiger partial charge is 0.203 e. The SMILES string of the molecule is CON=C(c1n[nH]c(C)n1)c1ccccc1CO/N=C(/C)C#N. The van der Waals surface area contributed by atoms with Crippen molar-refractivity contribution < 1.29 is 9.68 Å². The molecule has 2 rings (SSSR count). The Balaban J connectivity index is 2.34. The third-order valence-electron chi connectivity index (χ3n) is 2.85. The highest BCUT2D eigenvalue weighted by atomic mass is 16.6. The zero-order valence-electron chi connectivity index (χ0n) is 13.1. The van der Waals surface area contributed by atoms with Crippen molar-refractivity contribution in [3.63, 3.8) is 0 Å². The summed E-state index contributed by atoms with van der Waals surface area (Å²) in [4.78, 5) is 14.4. The van der Waals surface area contributed by atoms with Gasteiger partial charge in [-0.1, -0.05) is 34.6 Å². The van der Waals surface area contributed by atoms with E-state index in [-0.39, 0.29) is 12.3 Å². The van der Waals surface area contributed by atoms with Crippen LogP contribution in [0.15, 0.2) is 34.6 Å². The van der Waals surface area contributed by atoms with Crippen molar-refractivity contribution in [3.8, 4) is 6.07 Å². The van der Waals surface area contributed by atoms with Crippen LogP contribution in [-0.4, -0.2) is 33.7 Å². The molecule has 0 bridgehead atoms. The topological polar surface area (TPSA) is 109 Å². The number of benzene rings is 1. The number of hydrogen-bond acceptors (Lipinski definition) is 7. The van der Waals surface area contributed by atoms with Crippen molar-refractivity contribution >= 4 is 11.4 Å². The van der Waals surface area contributed by atoms with E-state index in [1.54, 1.807) is 13.8 Å². The molecule has 1 aromatic carbocycles. The van der Waals surface area contributed by atoms with Gasteiger partial charge in [0.25, 0.3) is 0 Å². The van der Waals surface area contributed by atoms with E-state index >= 15 is 0 Å². The summed E-state index contributed by atoms with van der Waals surface area (Å²) in [6.45, 7) is 3.55. The first-order chi connectivity index (χ1) is 11.2. The normalized spacial score (nSPS) is 11.9. The van der Waals surface area contributed by atoms with Crippen LogP contribution in [0.1, 0.15) is 29.7 Å². The number of rotatable bonds is 6. The molecule has 1 heterocycles. The van der Waals surface area contributed by atoms with Gasteiger partial charge in [-0.05, 0) is 13.8 Å². The molecule has 8 nitrogen and oxygen atoms in total. The Bertz CT molecular complexity index is 772. The van der Waals surface area contributed by atoms with Gasteiger partial charge in [-0.3, -0.25) is 5.10 Å². The highest BCUT2D eigenvalue weighted by Crippen LogP contribution is 2.15. The molecular formula is C15H16N6O2. The largest absolute Gasteiger partial charge is 0.399 e. The van der Waals surface area contributed by atoms with Crippen molar-refractivity contribution in [1.82, 2.24) is 15.2 Å². The van der Waals surface area contributed by atoms with Crippen molar-refractivity contribution in [2.75, 3.05) is 7.11 Å². The molecule has 118 valence electrons. The van der Waals surface area contributed by atoms with E-state index in [1.165, 1.54) is 7.11 Å². The van der Waals surface area contributed by atoms with Crippen molar-refractivity contribution in [2.45, 2.75) is 20.5 Å². The lowest BCUT2D eigenvalue weighted by molar-refractivity contribution is 0.130. The van der Waals surface area contributed by atoms with Crippen LogP contribution in [0.3, 0.4) is 0 Å². The molecule has 0 saturated heterocycles. The summed E-state index contributed by atoms with van der Waals surface area (Å²) in [6, 6.07) is 9.37. The lowest BCUT2D eigenvalue weighted by atomic mass is 10.0. The van der Waals surface area contributed by atoms with Gasteiger partial charge in [-0.2, -0.15) is 10.4 Å². The van der Waals surface area contributed by atoms with Crippen molar-refractivity contribution in [3.05, 3.63) is 47.0 Å². The molecule has 0 atom stereocenters. The Morgan fingerprint density at radius 1 is 1.35 bits per heavy atom. The number of nitrogens with zero attached hydrogens (tertiary/aromatic N) is 5. The summed E-state index contributed by atoms with van der Waals surface area (Å²) < 4.78 is 0. The predicted octanol–water partition coefficient (Wildman–Crippen LogP) is 1.93. The van der Waals surface area contributed by atoms with Crippen LogP contribution in [0.4, 0.5) is 0 Å². The van der Waals surface area contributed by atoms with Crippen LogP contribution >= 0.6 is 0 Å². The zero-order chi connectivity index (χ0) is 16.7. The second kappa shape index (κ2) is 7.70. The third kappa shape index (κ3) is 4.14. The molecule has 0 fully saturated rings. The molecular weight excluding hydrogens is 296 g/mol. The minimum absolute atomic E-state index is 0.182. The highest BCUT2D eigenvalue weighted by molar-refractivity contribution is 6.11. The lowest BCUT2D eigenvalue weighted by Gasteiger charge is -2.08. The number of nitrogens with one attached hydrogen (secondary N) is 1. The molecule has 1 N–H and O–H groups in total. The number of nitriles is 1. The fraction of sp³-hybridized carbons (Fsp3) is 0.267. The van der Waals surface area contributed by atoms with E-state index < -0.39 is 0 Å². The predicted molar refractivity (Wildman–Crippen MR) is 83.7 cm³/mol. The van der Waals surface area contributed by atoms with Crippen LogP contribution in [0.2, 0.25) is 0 Å². The van der Waals surface area contributed by atoms with E-state index in [0.29, 0.717) is 17.4 Å². The molecule has 0 aliphatic rings. The van der Waals surface area contributed by atoms with Crippen LogP contribution in [0.5, 0.6) is 0 Å². The van der Waals surface area contributed by atoms with E-state index in [1.807, 2.05) is 30.3 Å². The average Bonchev–Trinajstić information content (AvgIpc) is 2.99. The van der Waals surface area contributed by atoms with Crippen molar-refractivity contribution in [2.24, 2.45) is 10.3 Å². The number of aromatic amines is 1. The maximum absolute atomic E-state index is 8.68. The van der Waals surface area contributed by atoms with Crippen LogP contribution in [-0.2, 0) is 16.3 Å². The summed E-state index contributed by atoms with van der Waals surface area (Å²) in [5.74, 6) is 1.10. The molecule has 2 aromatic rings. The first-order valence-electron chi connectivity index (χ1n) is 6.81. The fourth-order valence-corrected chi connectivity index (χ4v) is 1.85. The Labute approximate surface area is 133 Å². The summed E-state index contributed by atoms with van der Waals surface area (Å²) in [5.41, 5.74) is 2.31. The zero-order valence-corrected chi connectivity index (χ0v) is 13.1. The molecule has 8 heteroatoms. The Hall–Kier alpha value is -3.21. The number of aromatic nitrogens is 3. The van der Waals surface area contributed by atoms with Gasteiger partial charge >= 0.3 is 0 Å². The summed E-state index contributed by atoms with van der Waals surface area (Å²) in [6.07, 6.45) is 0. The highest BCUT2D eigenvalue weighted by Gasteiger charge is 2.17. The summed E-state index contributed by atoms with van der Waals surface area (Å²) in [5, 5.41) is 23.3. The number of hydrogen-bond donors (Lipinski definition) is 1. The maximum Gasteiger partial charge on any atom is 0.203 e. The lowest BCUT2D eigenvalue weighted by Crippen LogP contribution is -2.10. The van der Waals surface area contributed by atoms with E-state index in [9.17, 15) is 0 Å². The standard InChI is InChI=1S/C15H16N6O2/c1-10(8-16)20-23-9-12-6-4-5-7-13(12)14(21-22-3)15-17-11(2)18-19-15/h4-7H,9H2,1-3H3,(H,17,18,19)/b20-10-,21-14?.